The smallest absolute Gasteiger partial charge is 0.217 e. The van der Waals surface area contributed by atoms with Gasteiger partial charge in [0.2, 0.25) is 10.4 Å². The predicted octanol–water partition coefficient (Wildman–Crippen LogP) is 7.78. The monoisotopic (exact) mass is 518 g/mol. The Morgan fingerprint density at radius 1 is 0.743 bits per heavy atom. The zero-order valence-corrected chi connectivity index (χ0v) is 24.5. The van der Waals surface area contributed by atoms with E-state index in [0.29, 0.717) is 0 Å². The van der Waals surface area contributed by atoms with Gasteiger partial charge in [0.1, 0.15) is 6.54 Å². The fraction of sp³-hybridized carbons (Fsp3) is 0.964. The molecule has 0 saturated heterocycles. The molecule has 1 rings (SSSR count). The third-order valence-electron chi connectivity index (χ3n) is 7.18. The highest BCUT2D eigenvalue weighted by Crippen LogP contribution is 2.21. The average Bonchev–Trinajstić information content (AvgIpc) is 3.23. The number of rotatable bonds is 22. The van der Waals surface area contributed by atoms with E-state index in [2.05, 4.69) is 25.0 Å². The van der Waals surface area contributed by atoms with Crippen molar-refractivity contribution in [1.82, 2.24) is 0 Å². The lowest BCUT2D eigenvalue weighted by molar-refractivity contribution is -0.834. The summed E-state index contributed by atoms with van der Waals surface area (Å²) in [6.07, 6.45) is 25.6. The molecule has 1 aliphatic heterocycles. The zero-order valence-electron chi connectivity index (χ0n) is 23.7. The molecule has 210 valence electrons. The minimum absolute atomic E-state index is 0.0914. The van der Waals surface area contributed by atoms with Crippen LogP contribution >= 0.6 is 0 Å². The van der Waals surface area contributed by atoms with Crippen molar-refractivity contribution in [2.45, 2.75) is 143 Å². The Morgan fingerprint density at radius 3 is 1.57 bits per heavy atom. The molecule has 0 amide bonds. The molecule has 0 fully saturated rings. The van der Waals surface area contributed by atoms with Crippen molar-refractivity contribution < 1.29 is 21.6 Å². The summed E-state index contributed by atoms with van der Waals surface area (Å²) in [7, 11) is -4.42. The van der Waals surface area contributed by atoms with Crippen LogP contribution in [0.1, 0.15) is 143 Å². The normalized spacial score (nSPS) is 17.8. The first kappa shape index (κ1) is 34.5. The first-order valence-corrected chi connectivity index (χ1v) is 16.2. The van der Waals surface area contributed by atoms with Crippen LogP contribution in [0.4, 0.5) is 0 Å². The van der Waals surface area contributed by atoms with Gasteiger partial charge in [-0.05, 0) is 26.7 Å². The third-order valence-corrected chi connectivity index (χ3v) is 7.71. The van der Waals surface area contributed by atoms with Gasteiger partial charge in [0.15, 0.2) is 5.84 Å². The Balaban J connectivity index is 0.00000143. The van der Waals surface area contributed by atoms with Crippen molar-refractivity contribution in [2.75, 3.05) is 32.8 Å². The van der Waals surface area contributed by atoms with Gasteiger partial charge in [0, 0.05) is 6.42 Å². The molecule has 0 aromatic carbocycles. The maximum absolute atomic E-state index is 9.45. The Morgan fingerprint density at radius 2 is 1.20 bits per heavy atom. The molecule has 1 heterocycles. The van der Waals surface area contributed by atoms with Crippen LogP contribution < -0.4 is 0 Å². The molecule has 1 atom stereocenters. The molecule has 1 aliphatic rings. The molecule has 0 bridgehead atoms. The number of unbranched alkanes of at least 4 members (excludes halogenated alkanes) is 15. The van der Waals surface area contributed by atoms with Crippen LogP contribution in [-0.2, 0) is 14.6 Å². The molecule has 35 heavy (non-hydrogen) atoms. The summed E-state index contributed by atoms with van der Waals surface area (Å²) in [4.78, 5) is 4.91. The molecular formula is C28H58N2O4S. The van der Waals surface area contributed by atoms with E-state index in [-0.39, 0.29) is 6.61 Å². The topological polar surface area (TPSA) is 78.8 Å². The number of likely N-dealkylation sites (N-methyl/N-ethyl adjacent to an activating group) is 1. The lowest BCUT2D eigenvalue weighted by Gasteiger charge is -2.33. The standard InChI is InChI=1S/C26H53N2.C2H6O4S/c1-4-7-9-10-11-12-13-14-15-16-17-18-19-20-21-22-26-27-23-25-28(26,6-3)24-8-5-2;1-2-6-7(3,4)5/h4-25H2,1-3H3;2H2,1H3,(H,3,4,5)/q+1;/p-1. The van der Waals surface area contributed by atoms with E-state index in [0.717, 1.165) is 6.54 Å². The van der Waals surface area contributed by atoms with Crippen LogP contribution in [0, 0.1) is 0 Å². The van der Waals surface area contributed by atoms with Crippen molar-refractivity contribution in [3.05, 3.63) is 0 Å². The average molecular weight is 519 g/mol. The van der Waals surface area contributed by atoms with Gasteiger partial charge in [-0.1, -0.05) is 110 Å². The lowest BCUT2D eigenvalue weighted by atomic mass is 10.0. The van der Waals surface area contributed by atoms with Crippen LogP contribution in [-0.4, -0.2) is 56.1 Å². The summed E-state index contributed by atoms with van der Waals surface area (Å²) in [5.41, 5.74) is 0. The highest BCUT2D eigenvalue weighted by molar-refractivity contribution is 7.80. The fourth-order valence-electron chi connectivity index (χ4n) is 4.96. The number of aliphatic imine (C=N–C) groups is 1. The highest BCUT2D eigenvalue weighted by Gasteiger charge is 2.35. The maximum Gasteiger partial charge on any atom is 0.217 e. The van der Waals surface area contributed by atoms with Gasteiger partial charge < -0.3 is 4.55 Å². The Labute approximate surface area is 218 Å². The van der Waals surface area contributed by atoms with Crippen LogP contribution in [0.25, 0.3) is 0 Å². The SMILES string of the molecule is CCCCCCCCCCCCCCCCCC1=NCC[N+]1(CC)CCCC.CCOS(=O)(=O)[O-]. The maximum atomic E-state index is 9.45. The third kappa shape index (κ3) is 19.3. The molecule has 7 heteroatoms. The minimum Gasteiger partial charge on any atom is -0.726 e. The molecule has 0 N–H and O–H groups in total. The van der Waals surface area contributed by atoms with Gasteiger partial charge in [-0.15, -0.1) is 0 Å². The molecule has 0 saturated carbocycles. The molecule has 6 nitrogen and oxygen atoms in total. The second-order valence-electron chi connectivity index (χ2n) is 10.1. The highest BCUT2D eigenvalue weighted by atomic mass is 32.3. The van der Waals surface area contributed by atoms with E-state index in [1.807, 2.05) is 0 Å². The molecule has 0 aromatic rings. The van der Waals surface area contributed by atoms with Crippen molar-refractivity contribution in [1.29, 1.82) is 0 Å². The van der Waals surface area contributed by atoms with Gasteiger partial charge in [0.05, 0.1) is 26.2 Å². The van der Waals surface area contributed by atoms with Gasteiger partial charge in [-0.25, -0.2) is 13.4 Å². The largest absolute Gasteiger partial charge is 0.726 e. The van der Waals surface area contributed by atoms with Crippen LogP contribution in [0.2, 0.25) is 0 Å². The second-order valence-corrected chi connectivity index (χ2v) is 11.1. The van der Waals surface area contributed by atoms with Crippen LogP contribution in [0.15, 0.2) is 4.99 Å². The van der Waals surface area contributed by atoms with Crippen molar-refractivity contribution in [3.8, 4) is 0 Å². The number of amidine groups is 1. The van der Waals surface area contributed by atoms with Gasteiger partial charge >= 0.3 is 0 Å². The van der Waals surface area contributed by atoms with E-state index < -0.39 is 10.4 Å². The number of hydrogen-bond acceptors (Lipinski definition) is 5. The summed E-state index contributed by atoms with van der Waals surface area (Å²) in [5, 5.41) is 0. The quantitative estimate of drug-likeness (QED) is 0.0634. The summed E-state index contributed by atoms with van der Waals surface area (Å²) in [6, 6.07) is 0. The second kappa shape index (κ2) is 22.7. The van der Waals surface area contributed by atoms with E-state index in [9.17, 15) is 13.0 Å². The first-order chi connectivity index (χ1) is 16.8. The predicted molar refractivity (Wildman–Crippen MR) is 149 cm³/mol. The van der Waals surface area contributed by atoms with E-state index in [1.54, 1.807) is 0 Å². The molecule has 1 unspecified atom stereocenters. The van der Waals surface area contributed by atoms with Gasteiger partial charge in [0.25, 0.3) is 0 Å². The van der Waals surface area contributed by atoms with Crippen molar-refractivity contribution >= 4 is 16.2 Å². The van der Waals surface area contributed by atoms with Crippen LogP contribution in [0.3, 0.4) is 0 Å². The Bertz CT molecular complexity index is 610. The summed E-state index contributed by atoms with van der Waals surface area (Å²) in [5.74, 6) is 1.53. The lowest BCUT2D eigenvalue weighted by Crippen LogP contribution is -2.51. The number of quaternary nitrogens is 1. The van der Waals surface area contributed by atoms with E-state index in [1.165, 1.54) is 152 Å². The van der Waals surface area contributed by atoms with Gasteiger partial charge in [-0.3, -0.25) is 8.67 Å². The van der Waals surface area contributed by atoms with Crippen molar-refractivity contribution in [3.63, 3.8) is 0 Å². The van der Waals surface area contributed by atoms with Gasteiger partial charge in [-0.2, -0.15) is 0 Å². The van der Waals surface area contributed by atoms with Crippen LogP contribution in [0.5, 0.6) is 0 Å². The summed E-state index contributed by atoms with van der Waals surface area (Å²) in [6.45, 7) is 13.2. The number of hydrogen-bond donors (Lipinski definition) is 0. The number of nitrogens with zero attached hydrogens (tertiary/aromatic N) is 2. The Kier molecular flexibility index (Phi) is 22.4. The summed E-state index contributed by atoms with van der Waals surface area (Å²) >= 11 is 0. The first-order valence-electron chi connectivity index (χ1n) is 14.8. The molecule has 0 aliphatic carbocycles. The Hall–Kier alpha value is -0.500. The molecule has 0 spiro atoms. The molecular weight excluding hydrogens is 460 g/mol. The van der Waals surface area contributed by atoms with E-state index in [4.69, 9.17) is 4.99 Å². The van der Waals surface area contributed by atoms with Crippen molar-refractivity contribution in [2.24, 2.45) is 4.99 Å². The molecule has 0 radical (unpaired) electrons. The zero-order chi connectivity index (χ0) is 26.3. The summed E-state index contributed by atoms with van der Waals surface area (Å²) < 4.78 is 33.2. The fourth-order valence-corrected chi connectivity index (χ4v) is 5.25. The minimum atomic E-state index is -4.42. The van der Waals surface area contributed by atoms with E-state index >= 15 is 0 Å². The molecule has 0 aromatic heterocycles.